The summed E-state index contributed by atoms with van der Waals surface area (Å²) in [5.41, 5.74) is 3.19. The number of hydrogen-bond acceptors (Lipinski definition) is 0. The Morgan fingerprint density at radius 1 is 1.33 bits per heavy atom. The molecule has 2 unspecified atom stereocenters. The van der Waals surface area contributed by atoms with E-state index in [9.17, 15) is 0 Å². The van der Waals surface area contributed by atoms with Crippen LogP contribution in [-0.4, -0.2) is 19.1 Å². The molecule has 1 saturated heterocycles. The number of rotatable bonds is 0. The Kier molecular flexibility index (Phi) is 1.06. The molecule has 0 aliphatic carbocycles. The zero-order valence-electron chi connectivity index (χ0n) is 7.46. The molecule has 1 spiro atoms. The monoisotopic (exact) mass is 160 g/mol. The number of benzene rings is 1. The van der Waals surface area contributed by atoms with Crippen LogP contribution in [0.4, 0.5) is 5.69 Å². The SMILES string of the molecule is CC1C[N+]12CCc1ccccc12. The molecular formula is C11H14N+. The summed E-state index contributed by atoms with van der Waals surface area (Å²) >= 11 is 0. The average Bonchev–Trinajstić information content (AvgIpc) is 2.58. The highest BCUT2D eigenvalue weighted by Crippen LogP contribution is 2.45. The lowest BCUT2D eigenvalue weighted by Gasteiger charge is -2.11. The Morgan fingerprint density at radius 2 is 2.08 bits per heavy atom. The molecule has 1 nitrogen and oxygen atoms in total. The lowest BCUT2D eigenvalue weighted by atomic mass is 10.2. The zero-order chi connectivity index (χ0) is 8.18. The van der Waals surface area contributed by atoms with Crippen LogP contribution in [0.25, 0.3) is 0 Å². The largest absolute Gasteiger partial charge is 0.279 e. The molecule has 2 aliphatic rings. The third-order valence-corrected chi connectivity index (χ3v) is 3.55. The lowest BCUT2D eigenvalue weighted by Crippen LogP contribution is -2.25. The average molecular weight is 160 g/mol. The number of nitrogens with zero attached hydrogens (tertiary/aromatic N) is 1. The molecule has 62 valence electrons. The van der Waals surface area contributed by atoms with Gasteiger partial charge in [-0.25, -0.2) is 0 Å². The van der Waals surface area contributed by atoms with Crippen molar-refractivity contribution in [1.82, 2.24) is 4.48 Å². The fourth-order valence-electron chi connectivity index (χ4n) is 2.67. The van der Waals surface area contributed by atoms with E-state index in [1.165, 1.54) is 24.0 Å². The summed E-state index contributed by atoms with van der Waals surface area (Å²) < 4.78 is 1.29. The van der Waals surface area contributed by atoms with Crippen molar-refractivity contribution in [2.24, 2.45) is 0 Å². The van der Waals surface area contributed by atoms with Gasteiger partial charge in [-0.15, -0.1) is 0 Å². The van der Waals surface area contributed by atoms with Crippen molar-refractivity contribution in [2.75, 3.05) is 13.1 Å². The molecule has 1 heteroatoms. The molecule has 1 aromatic rings. The summed E-state index contributed by atoms with van der Waals surface area (Å²) in [5.74, 6) is 0. The first-order valence-corrected chi connectivity index (χ1v) is 4.78. The van der Waals surface area contributed by atoms with E-state index < -0.39 is 0 Å². The Hall–Kier alpha value is -0.820. The van der Waals surface area contributed by atoms with Crippen molar-refractivity contribution < 1.29 is 0 Å². The molecular weight excluding hydrogens is 146 g/mol. The zero-order valence-corrected chi connectivity index (χ0v) is 7.46. The van der Waals surface area contributed by atoms with Crippen LogP contribution in [0, 0.1) is 0 Å². The lowest BCUT2D eigenvalue weighted by molar-refractivity contribution is 0.542. The molecule has 1 aromatic carbocycles. The minimum Gasteiger partial charge on any atom is -0.279 e. The second-order valence-electron chi connectivity index (χ2n) is 4.17. The molecule has 3 rings (SSSR count). The van der Waals surface area contributed by atoms with Crippen LogP contribution in [0.2, 0.25) is 0 Å². The van der Waals surface area contributed by atoms with Crippen LogP contribution >= 0.6 is 0 Å². The second kappa shape index (κ2) is 1.91. The Morgan fingerprint density at radius 3 is 2.83 bits per heavy atom. The van der Waals surface area contributed by atoms with Gasteiger partial charge in [0.2, 0.25) is 0 Å². The highest BCUT2D eigenvalue weighted by atomic mass is 15.5. The predicted octanol–water partition coefficient (Wildman–Crippen LogP) is 1.95. The van der Waals surface area contributed by atoms with Crippen LogP contribution in [0.1, 0.15) is 12.5 Å². The van der Waals surface area contributed by atoms with E-state index in [-0.39, 0.29) is 0 Å². The quantitative estimate of drug-likeness (QED) is 0.402. The van der Waals surface area contributed by atoms with Crippen LogP contribution in [0.15, 0.2) is 24.3 Å². The highest BCUT2D eigenvalue weighted by Gasteiger charge is 2.56. The van der Waals surface area contributed by atoms with E-state index in [0.717, 1.165) is 6.04 Å². The summed E-state index contributed by atoms with van der Waals surface area (Å²) in [4.78, 5) is 0. The molecule has 12 heavy (non-hydrogen) atoms. The maximum atomic E-state index is 2.36. The molecule has 0 aromatic heterocycles. The van der Waals surface area contributed by atoms with E-state index >= 15 is 0 Å². The molecule has 0 amide bonds. The van der Waals surface area contributed by atoms with Gasteiger partial charge >= 0.3 is 0 Å². The summed E-state index contributed by atoms with van der Waals surface area (Å²) in [6.07, 6.45) is 1.29. The maximum Gasteiger partial charge on any atom is 0.141 e. The van der Waals surface area contributed by atoms with Gasteiger partial charge in [-0.05, 0) is 13.0 Å². The standard InChI is InChI=1S/C11H14N/c1-9-8-12(9)7-6-10-4-2-3-5-11(10)12/h2-5,9H,6-8H2,1H3/q+1. The summed E-state index contributed by atoms with van der Waals surface area (Å²) in [5, 5.41) is 0. The van der Waals surface area contributed by atoms with Crippen molar-refractivity contribution in [3.63, 3.8) is 0 Å². The Bertz CT molecular complexity index is 332. The first kappa shape index (κ1) is 6.67. The van der Waals surface area contributed by atoms with Gasteiger partial charge in [-0.3, -0.25) is 4.48 Å². The third-order valence-electron chi connectivity index (χ3n) is 3.55. The molecule has 1 fully saturated rings. The van der Waals surface area contributed by atoms with Gasteiger partial charge < -0.3 is 0 Å². The first-order chi connectivity index (χ1) is 5.83. The molecule has 2 atom stereocenters. The van der Waals surface area contributed by atoms with Crippen LogP contribution in [0.3, 0.4) is 0 Å². The highest BCUT2D eigenvalue weighted by molar-refractivity contribution is 5.59. The first-order valence-electron chi connectivity index (χ1n) is 4.78. The van der Waals surface area contributed by atoms with E-state index in [1.807, 2.05) is 0 Å². The van der Waals surface area contributed by atoms with Crippen LogP contribution in [-0.2, 0) is 6.42 Å². The molecule has 0 saturated carbocycles. The molecule has 2 aliphatic heterocycles. The van der Waals surface area contributed by atoms with Gasteiger partial charge in [0.05, 0.1) is 6.54 Å². The van der Waals surface area contributed by atoms with Gasteiger partial charge in [-0.1, -0.05) is 18.2 Å². The number of quaternary nitrogens is 1. The molecule has 2 heterocycles. The molecule has 0 N–H and O–H groups in total. The van der Waals surface area contributed by atoms with Crippen molar-refractivity contribution in [1.29, 1.82) is 0 Å². The minimum atomic E-state index is 0.883. The van der Waals surface area contributed by atoms with Gasteiger partial charge in [0.25, 0.3) is 0 Å². The smallest absolute Gasteiger partial charge is 0.141 e. The fraction of sp³-hybridized carbons (Fsp3) is 0.455. The second-order valence-corrected chi connectivity index (χ2v) is 4.17. The molecule has 0 radical (unpaired) electrons. The van der Waals surface area contributed by atoms with E-state index in [2.05, 4.69) is 31.2 Å². The summed E-state index contributed by atoms with van der Waals surface area (Å²) in [7, 11) is 0. The Labute approximate surface area is 73.2 Å². The molecule has 0 bridgehead atoms. The third kappa shape index (κ3) is 0.632. The van der Waals surface area contributed by atoms with E-state index in [4.69, 9.17) is 0 Å². The number of hydrogen-bond donors (Lipinski definition) is 0. The van der Waals surface area contributed by atoms with Gasteiger partial charge in [0.15, 0.2) is 0 Å². The van der Waals surface area contributed by atoms with Crippen molar-refractivity contribution in [3.8, 4) is 0 Å². The minimum absolute atomic E-state index is 0.883. The van der Waals surface area contributed by atoms with Crippen molar-refractivity contribution >= 4 is 5.69 Å². The summed E-state index contributed by atoms with van der Waals surface area (Å²) in [6, 6.07) is 9.82. The van der Waals surface area contributed by atoms with E-state index in [0.29, 0.717) is 0 Å². The van der Waals surface area contributed by atoms with Crippen LogP contribution < -0.4 is 4.48 Å². The number of fused-ring (bicyclic) bond motifs is 2. The van der Waals surface area contributed by atoms with Crippen molar-refractivity contribution in [2.45, 2.75) is 19.4 Å². The number of para-hydroxylation sites is 1. The normalized spacial score (nSPS) is 36.9. The Balaban J connectivity index is 2.15. The van der Waals surface area contributed by atoms with Gasteiger partial charge in [0, 0.05) is 12.0 Å². The fourth-order valence-corrected chi connectivity index (χ4v) is 2.67. The predicted molar refractivity (Wildman–Crippen MR) is 51.1 cm³/mol. The van der Waals surface area contributed by atoms with Gasteiger partial charge in [0.1, 0.15) is 18.3 Å². The topological polar surface area (TPSA) is 0 Å². The summed E-state index contributed by atoms with van der Waals surface area (Å²) in [6.45, 7) is 5.08. The van der Waals surface area contributed by atoms with E-state index in [1.54, 1.807) is 11.3 Å². The van der Waals surface area contributed by atoms with Crippen LogP contribution in [0.5, 0.6) is 0 Å². The maximum absolute atomic E-state index is 2.36. The van der Waals surface area contributed by atoms with Gasteiger partial charge in [-0.2, -0.15) is 0 Å². The van der Waals surface area contributed by atoms with Crippen molar-refractivity contribution in [3.05, 3.63) is 29.8 Å².